The predicted molar refractivity (Wildman–Crippen MR) is 51.7 cm³/mol. The third-order valence-electron chi connectivity index (χ3n) is 1.64. The number of anilines is 2. The Morgan fingerprint density at radius 1 is 1.71 bits per heavy atom. The fourth-order valence-corrected chi connectivity index (χ4v) is 0.916. The Hall–Kier alpha value is -1.85. The van der Waals surface area contributed by atoms with E-state index in [1.165, 1.54) is 13.3 Å². The summed E-state index contributed by atoms with van der Waals surface area (Å²) in [6.07, 6.45) is 1.53. The minimum absolute atomic E-state index is 0.132. The second-order valence-corrected chi connectivity index (χ2v) is 2.71. The van der Waals surface area contributed by atoms with Gasteiger partial charge in [-0.15, -0.1) is 0 Å². The number of nitrogen functional groups attached to an aromatic ring is 1. The van der Waals surface area contributed by atoms with E-state index in [1.807, 2.05) is 0 Å². The average molecular weight is 196 g/mol. The van der Waals surface area contributed by atoms with E-state index >= 15 is 0 Å². The van der Waals surface area contributed by atoms with E-state index in [2.05, 4.69) is 14.7 Å². The van der Waals surface area contributed by atoms with Crippen molar-refractivity contribution in [1.82, 2.24) is 9.97 Å². The average Bonchev–Trinajstić information content (AvgIpc) is 2.17. The van der Waals surface area contributed by atoms with Crippen LogP contribution in [0.3, 0.4) is 0 Å². The van der Waals surface area contributed by atoms with E-state index in [1.54, 1.807) is 18.0 Å². The van der Waals surface area contributed by atoms with Crippen LogP contribution < -0.4 is 10.6 Å². The smallest absolute Gasteiger partial charge is 0.325 e. The number of rotatable bonds is 3. The molecule has 0 unspecified atom stereocenters. The van der Waals surface area contributed by atoms with Gasteiger partial charge in [0.1, 0.15) is 12.4 Å². The van der Waals surface area contributed by atoms with Gasteiger partial charge in [0, 0.05) is 13.2 Å². The molecule has 0 saturated carbocycles. The zero-order valence-corrected chi connectivity index (χ0v) is 8.10. The van der Waals surface area contributed by atoms with Crippen LogP contribution in [0.2, 0.25) is 0 Å². The van der Waals surface area contributed by atoms with Crippen LogP contribution in [0.1, 0.15) is 0 Å². The van der Waals surface area contributed by atoms with Gasteiger partial charge in [-0.05, 0) is 6.07 Å². The molecule has 0 spiro atoms. The Bertz CT molecular complexity index is 329. The van der Waals surface area contributed by atoms with Gasteiger partial charge in [0.2, 0.25) is 5.95 Å². The van der Waals surface area contributed by atoms with Crippen LogP contribution in [0.15, 0.2) is 12.3 Å². The number of methoxy groups -OCH3 is 1. The molecular weight excluding hydrogens is 184 g/mol. The number of nitrogens with two attached hydrogens (primary N) is 1. The zero-order chi connectivity index (χ0) is 10.6. The maximum Gasteiger partial charge on any atom is 0.325 e. The summed E-state index contributed by atoms with van der Waals surface area (Å²) < 4.78 is 4.52. The summed E-state index contributed by atoms with van der Waals surface area (Å²) in [6.45, 7) is 0.132. The molecule has 1 aromatic rings. The molecule has 14 heavy (non-hydrogen) atoms. The van der Waals surface area contributed by atoms with E-state index in [9.17, 15) is 4.79 Å². The lowest BCUT2D eigenvalue weighted by Gasteiger charge is -2.15. The first-order valence-corrected chi connectivity index (χ1v) is 4.00. The molecule has 0 fully saturated rings. The third kappa shape index (κ3) is 2.58. The first kappa shape index (κ1) is 10.2. The summed E-state index contributed by atoms with van der Waals surface area (Å²) in [5, 5.41) is 0. The minimum atomic E-state index is -0.329. The molecule has 2 N–H and O–H groups in total. The predicted octanol–water partition coefficient (Wildman–Crippen LogP) is -0.332. The molecular formula is C8H12N4O2. The molecule has 1 heterocycles. The van der Waals surface area contributed by atoms with E-state index < -0.39 is 0 Å². The first-order chi connectivity index (χ1) is 6.63. The number of ether oxygens (including phenoxy) is 1. The van der Waals surface area contributed by atoms with Gasteiger partial charge in [-0.2, -0.15) is 4.98 Å². The summed E-state index contributed by atoms with van der Waals surface area (Å²) >= 11 is 0. The number of hydrogen-bond donors (Lipinski definition) is 1. The van der Waals surface area contributed by atoms with Crippen LogP contribution in [0.25, 0.3) is 0 Å². The number of nitrogens with zero attached hydrogens (tertiary/aromatic N) is 3. The van der Waals surface area contributed by atoms with Gasteiger partial charge >= 0.3 is 5.97 Å². The van der Waals surface area contributed by atoms with E-state index in [0.717, 1.165) is 0 Å². The maximum absolute atomic E-state index is 10.9. The molecule has 0 aliphatic heterocycles. The Balaban J connectivity index is 2.69. The summed E-state index contributed by atoms with van der Waals surface area (Å²) in [5.41, 5.74) is 5.39. The second kappa shape index (κ2) is 4.40. The fourth-order valence-electron chi connectivity index (χ4n) is 0.916. The van der Waals surface area contributed by atoms with Crippen LogP contribution in [0.4, 0.5) is 11.8 Å². The Labute approximate surface area is 81.7 Å². The van der Waals surface area contributed by atoms with Crippen molar-refractivity contribution in [3.8, 4) is 0 Å². The Kier molecular flexibility index (Phi) is 3.22. The minimum Gasteiger partial charge on any atom is -0.468 e. The number of hydrogen-bond acceptors (Lipinski definition) is 6. The van der Waals surface area contributed by atoms with Gasteiger partial charge in [0.25, 0.3) is 0 Å². The molecule has 0 aromatic carbocycles. The molecule has 0 bridgehead atoms. The van der Waals surface area contributed by atoms with Crippen LogP contribution in [-0.4, -0.2) is 36.6 Å². The van der Waals surface area contributed by atoms with E-state index in [4.69, 9.17) is 5.73 Å². The van der Waals surface area contributed by atoms with Crippen molar-refractivity contribution in [2.45, 2.75) is 0 Å². The number of carbonyl (C=O) groups excluding carboxylic acids is 1. The van der Waals surface area contributed by atoms with Crippen LogP contribution >= 0.6 is 0 Å². The highest BCUT2D eigenvalue weighted by Gasteiger charge is 2.08. The normalized spacial score (nSPS) is 9.57. The summed E-state index contributed by atoms with van der Waals surface area (Å²) in [6, 6.07) is 1.67. The second-order valence-electron chi connectivity index (χ2n) is 2.71. The van der Waals surface area contributed by atoms with Gasteiger partial charge in [-0.1, -0.05) is 0 Å². The maximum atomic E-state index is 10.9. The van der Waals surface area contributed by atoms with Gasteiger partial charge in [-0.25, -0.2) is 4.98 Å². The molecule has 6 heteroatoms. The third-order valence-corrected chi connectivity index (χ3v) is 1.64. The summed E-state index contributed by atoms with van der Waals surface area (Å²) in [5.74, 6) is 0.437. The Morgan fingerprint density at radius 2 is 2.43 bits per heavy atom. The molecule has 1 aromatic heterocycles. The highest BCUT2D eigenvalue weighted by molar-refractivity contribution is 5.75. The van der Waals surface area contributed by atoms with Crippen molar-refractivity contribution in [2.24, 2.45) is 0 Å². The monoisotopic (exact) mass is 196 g/mol. The molecule has 0 atom stereocenters. The molecule has 0 aliphatic carbocycles. The largest absolute Gasteiger partial charge is 0.468 e. The van der Waals surface area contributed by atoms with Gasteiger partial charge in [0.15, 0.2) is 0 Å². The number of carbonyl (C=O) groups is 1. The molecule has 0 aliphatic rings. The molecule has 0 amide bonds. The lowest BCUT2D eigenvalue weighted by atomic mass is 10.5. The lowest BCUT2D eigenvalue weighted by molar-refractivity contribution is -0.138. The number of esters is 1. The standard InChI is InChI=1S/C8H12N4O2/c1-12(5-7(13)14-2)6-3-4-10-8(9)11-6/h3-4H,5H2,1-2H3,(H2,9,10,11). The molecule has 0 saturated heterocycles. The van der Waals surface area contributed by atoms with Crippen LogP contribution in [0.5, 0.6) is 0 Å². The van der Waals surface area contributed by atoms with Crippen molar-refractivity contribution in [2.75, 3.05) is 31.3 Å². The lowest BCUT2D eigenvalue weighted by Crippen LogP contribution is -2.27. The van der Waals surface area contributed by atoms with Crippen molar-refractivity contribution >= 4 is 17.7 Å². The number of aromatic nitrogens is 2. The molecule has 0 radical (unpaired) electrons. The zero-order valence-electron chi connectivity index (χ0n) is 8.10. The quantitative estimate of drug-likeness (QED) is 0.666. The SMILES string of the molecule is COC(=O)CN(C)c1ccnc(N)n1. The first-order valence-electron chi connectivity index (χ1n) is 4.00. The number of likely N-dealkylation sites (N-methyl/N-ethyl adjacent to an activating group) is 1. The van der Waals surface area contributed by atoms with Gasteiger partial charge in [0.05, 0.1) is 7.11 Å². The van der Waals surface area contributed by atoms with Crippen molar-refractivity contribution < 1.29 is 9.53 Å². The van der Waals surface area contributed by atoms with Gasteiger partial charge < -0.3 is 15.4 Å². The molecule has 76 valence electrons. The van der Waals surface area contributed by atoms with Crippen LogP contribution in [-0.2, 0) is 9.53 Å². The van der Waals surface area contributed by atoms with Crippen LogP contribution in [0, 0.1) is 0 Å². The molecule has 1 rings (SSSR count). The van der Waals surface area contributed by atoms with Gasteiger partial charge in [-0.3, -0.25) is 4.79 Å². The Morgan fingerprint density at radius 3 is 3.00 bits per heavy atom. The summed E-state index contributed by atoms with van der Waals surface area (Å²) in [7, 11) is 3.06. The molecule has 6 nitrogen and oxygen atoms in total. The topological polar surface area (TPSA) is 81.3 Å². The van der Waals surface area contributed by atoms with E-state index in [-0.39, 0.29) is 18.5 Å². The highest BCUT2D eigenvalue weighted by atomic mass is 16.5. The van der Waals surface area contributed by atoms with Crippen molar-refractivity contribution in [1.29, 1.82) is 0 Å². The van der Waals surface area contributed by atoms with Crippen molar-refractivity contribution in [3.05, 3.63) is 12.3 Å². The van der Waals surface area contributed by atoms with Crippen molar-refractivity contribution in [3.63, 3.8) is 0 Å². The summed E-state index contributed by atoms with van der Waals surface area (Å²) in [4.78, 5) is 20.3. The van der Waals surface area contributed by atoms with E-state index in [0.29, 0.717) is 5.82 Å². The fraction of sp³-hybridized carbons (Fsp3) is 0.375. The highest BCUT2D eigenvalue weighted by Crippen LogP contribution is 2.07.